The second-order valence-corrected chi connectivity index (χ2v) is 4.11. The summed E-state index contributed by atoms with van der Waals surface area (Å²) in [5.74, 6) is -0.917. The highest BCUT2D eigenvalue weighted by Gasteiger charge is 1.97. The summed E-state index contributed by atoms with van der Waals surface area (Å²) >= 11 is 0. The molecule has 1 aromatic rings. The fourth-order valence-electron chi connectivity index (χ4n) is 1.49. The van der Waals surface area contributed by atoms with Crippen molar-refractivity contribution in [2.24, 2.45) is 0 Å². The number of aromatic nitrogens is 1. The lowest BCUT2D eigenvalue weighted by Gasteiger charge is -2.01. The number of unbranched alkanes of at least 4 members (excludes halogenated alkanes) is 2. The molecule has 5 heteroatoms. The monoisotopic (exact) mass is 262 g/mol. The van der Waals surface area contributed by atoms with Gasteiger partial charge in [0, 0.05) is 31.4 Å². The minimum Gasteiger partial charge on any atom is -0.481 e. The normalized spacial score (nSPS) is 10.5. The highest BCUT2D eigenvalue weighted by atomic mass is 16.4. The Bertz CT molecular complexity index is 430. The molecule has 0 saturated carbocycles. The molecule has 0 unspecified atom stereocenters. The number of hydrogen-bond acceptors (Lipinski definition) is 3. The number of nitrogens with one attached hydrogen (secondary N) is 1. The van der Waals surface area contributed by atoms with E-state index in [-0.39, 0.29) is 12.3 Å². The van der Waals surface area contributed by atoms with Crippen LogP contribution in [0.25, 0.3) is 6.08 Å². The summed E-state index contributed by atoms with van der Waals surface area (Å²) in [4.78, 5) is 25.6. The molecular weight excluding hydrogens is 244 g/mol. The van der Waals surface area contributed by atoms with Gasteiger partial charge in [-0.2, -0.15) is 0 Å². The van der Waals surface area contributed by atoms with Gasteiger partial charge in [-0.15, -0.1) is 0 Å². The predicted molar refractivity (Wildman–Crippen MR) is 72.4 cm³/mol. The molecule has 1 rings (SSSR count). The molecule has 0 aromatic carbocycles. The van der Waals surface area contributed by atoms with Crippen LogP contribution in [0.15, 0.2) is 30.6 Å². The van der Waals surface area contributed by atoms with E-state index in [2.05, 4.69) is 10.3 Å². The molecule has 19 heavy (non-hydrogen) atoms. The molecule has 0 fully saturated rings. The van der Waals surface area contributed by atoms with Crippen molar-refractivity contribution in [3.63, 3.8) is 0 Å². The zero-order chi connectivity index (χ0) is 13.9. The van der Waals surface area contributed by atoms with E-state index >= 15 is 0 Å². The predicted octanol–water partition coefficient (Wildman–Crippen LogP) is 1.86. The van der Waals surface area contributed by atoms with Crippen molar-refractivity contribution in [3.05, 3.63) is 36.2 Å². The van der Waals surface area contributed by atoms with Crippen LogP contribution in [0.2, 0.25) is 0 Å². The minimum atomic E-state index is -0.774. The highest BCUT2D eigenvalue weighted by molar-refractivity contribution is 5.91. The molecule has 1 heterocycles. The van der Waals surface area contributed by atoms with Gasteiger partial charge in [-0.05, 0) is 36.6 Å². The van der Waals surface area contributed by atoms with Gasteiger partial charge in [0.2, 0.25) is 5.91 Å². The van der Waals surface area contributed by atoms with Gasteiger partial charge in [0.1, 0.15) is 0 Å². The van der Waals surface area contributed by atoms with Crippen LogP contribution in [0.3, 0.4) is 0 Å². The smallest absolute Gasteiger partial charge is 0.303 e. The molecule has 5 nitrogen and oxygen atoms in total. The standard InChI is InChI=1S/C14H18N2O3/c17-13(6-5-12-7-10-15-11-8-12)16-9-3-1-2-4-14(18)19/h5-8,10-11H,1-4,9H2,(H,16,17)(H,18,19)/b6-5+. The topological polar surface area (TPSA) is 79.3 Å². The maximum atomic E-state index is 11.4. The van der Waals surface area contributed by atoms with Gasteiger partial charge in [-0.3, -0.25) is 14.6 Å². The largest absolute Gasteiger partial charge is 0.481 e. The third kappa shape index (κ3) is 7.70. The van der Waals surface area contributed by atoms with Gasteiger partial charge in [-0.25, -0.2) is 0 Å². The van der Waals surface area contributed by atoms with Gasteiger partial charge in [0.25, 0.3) is 0 Å². The summed E-state index contributed by atoms with van der Waals surface area (Å²) in [6.45, 7) is 0.569. The second kappa shape index (κ2) is 8.85. The third-order valence-electron chi connectivity index (χ3n) is 2.50. The number of carboxylic acids is 1. The van der Waals surface area contributed by atoms with Gasteiger partial charge in [0.05, 0.1) is 0 Å². The Hall–Kier alpha value is -2.17. The van der Waals surface area contributed by atoms with E-state index in [1.807, 2.05) is 12.1 Å². The van der Waals surface area contributed by atoms with Crippen molar-refractivity contribution >= 4 is 18.0 Å². The van der Waals surface area contributed by atoms with E-state index in [4.69, 9.17) is 5.11 Å². The van der Waals surface area contributed by atoms with Crippen LogP contribution in [0.5, 0.6) is 0 Å². The molecule has 0 saturated heterocycles. The van der Waals surface area contributed by atoms with Crippen LogP contribution in [-0.2, 0) is 9.59 Å². The molecule has 0 aliphatic heterocycles. The highest BCUT2D eigenvalue weighted by Crippen LogP contribution is 2.00. The van der Waals surface area contributed by atoms with Crippen molar-refractivity contribution in [1.82, 2.24) is 10.3 Å². The quantitative estimate of drug-likeness (QED) is 0.553. The molecule has 102 valence electrons. The summed E-state index contributed by atoms with van der Waals surface area (Å²) < 4.78 is 0. The Morgan fingerprint density at radius 3 is 2.63 bits per heavy atom. The number of carbonyl (C=O) groups excluding carboxylic acids is 1. The van der Waals surface area contributed by atoms with Crippen LogP contribution in [0.4, 0.5) is 0 Å². The van der Waals surface area contributed by atoms with Crippen LogP contribution >= 0.6 is 0 Å². The zero-order valence-electron chi connectivity index (χ0n) is 10.7. The van der Waals surface area contributed by atoms with E-state index in [9.17, 15) is 9.59 Å². The van der Waals surface area contributed by atoms with Gasteiger partial charge in [-0.1, -0.05) is 6.42 Å². The lowest BCUT2D eigenvalue weighted by atomic mass is 10.2. The fourth-order valence-corrected chi connectivity index (χ4v) is 1.49. The first kappa shape index (κ1) is 14.9. The van der Waals surface area contributed by atoms with E-state index in [1.165, 1.54) is 6.08 Å². The number of carbonyl (C=O) groups is 2. The Labute approximate surface area is 112 Å². The Morgan fingerprint density at radius 1 is 1.21 bits per heavy atom. The maximum Gasteiger partial charge on any atom is 0.303 e. The lowest BCUT2D eigenvalue weighted by Crippen LogP contribution is -2.22. The van der Waals surface area contributed by atoms with E-state index < -0.39 is 5.97 Å². The number of rotatable bonds is 8. The van der Waals surface area contributed by atoms with Gasteiger partial charge in [0.15, 0.2) is 0 Å². The molecule has 2 N–H and O–H groups in total. The minimum absolute atomic E-state index is 0.143. The van der Waals surface area contributed by atoms with E-state index in [0.717, 1.165) is 18.4 Å². The van der Waals surface area contributed by atoms with Crippen LogP contribution in [-0.4, -0.2) is 28.5 Å². The van der Waals surface area contributed by atoms with Crippen LogP contribution < -0.4 is 5.32 Å². The van der Waals surface area contributed by atoms with Crippen LogP contribution in [0, 0.1) is 0 Å². The second-order valence-electron chi connectivity index (χ2n) is 4.11. The Kier molecular flexibility index (Phi) is 6.94. The molecule has 0 spiro atoms. The SMILES string of the molecule is O=C(O)CCCCCNC(=O)/C=C/c1ccncc1. The molecule has 1 aromatic heterocycles. The number of pyridine rings is 1. The summed E-state index contributed by atoms with van der Waals surface area (Å²) in [6.07, 6.45) is 8.98. The number of amides is 1. The first-order chi connectivity index (χ1) is 9.18. The van der Waals surface area contributed by atoms with Gasteiger partial charge < -0.3 is 10.4 Å². The fraction of sp³-hybridized carbons (Fsp3) is 0.357. The van der Waals surface area contributed by atoms with Crippen molar-refractivity contribution in [1.29, 1.82) is 0 Å². The zero-order valence-corrected chi connectivity index (χ0v) is 10.7. The molecule has 0 aliphatic carbocycles. The summed E-state index contributed by atoms with van der Waals surface area (Å²) in [6, 6.07) is 3.63. The average Bonchev–Trinajstić information content (AvgIpc) is 2.41. The Balaban J connectivity index is 2.11. The van der Waals surface area contributed by atoms with Crippen molar-refractivity contribution in [2.45, 2.75) is 25.7 Å². The number of aliphatic carboxylic acids is 1. The number of hydrogen-bond donors (Lipinski definition) is 2. The molecule has 0 bridgehead atoms. The molecule has 0 radical (unpaired) electrons. The van der Waals surface area contributed by atoms with Crippen molar-refractivity contribution < 1.29 is 14.7 Å². The maximum absolute atomic E-state index is 11.4. The lowest BCUT2D eigenvalue weighted by molar-refractivity contribution is -0.137. The molecule has 0 atom stereocenters. The summed E-state index contributed by atoms with van der Waals surface area (Å²) in [5, 5.41) is 11.2. The summed E-state index contributed by atoms with van der Waals surface area (Å²) in [7, 11) is 0. The summed E-state index contributed by atoms with van der Waals surface area (Å²) in [5.41, 5.74) is 0.923. The van der Waals surface area contributed by atoms with E-state index in [1.54, 1.807) is 18.5 Å². The molecular formula is C14H18N2O3. The van der Waals surface area contributed by atoms with Crippen LogP contribution in [0.1, 0.15) is 31.2 Å². The van der Waals surface area contributed by atoms with E-state index in [0.29, 0.717) is 13.0 Å². The van der Waals surface area contributed by atoms with Crippen molar-refractivity contribution in [2.75, 3.05) is 6.54 Å². The third-order valence-corrected chi connectivity index (χ3v) is 2.50. The number of nitrogens with zero attached hydrogens (tertiary/aromatic N) is 1. The Morgan fingerprint density at radius 2 is 1.95 bits per heavy atom. The van der Waals surface area contributed by atoms with Crippen molar-refractivity contribution in [3.8, 4) is 0 Å². The molecule has 0 aliphatic rings. The first-order valence-electron chi connectivity index (χ1n) is 6.26. The van der Waals surface area contributed by atoms with Gasteiger partial charge >= 0.3 is 5.97 Å². The number of carboxylic acid groups (broad SMARTS) is 1. The first-order valence-corrected chi connectivity index (χ1v) is 6.26. The molecule has 1 amide bonds. The average molecular weight is 262 g/mol.